The molecule has 1 aliphatic heterocycles. The normalized spacial score (nSPS) is 23.5. The fourth-order valence-corrected chi connectivity index (χ4v) is 2.56. The quantitative estimate of drug-likeness (QED) is 0.864. The highest BCUT2D eigenvalue weighted by atomic mass is 16.3. The van der Waals surface area contributed by atoms with Gasteiger partial charge in [0.25, 0.3) is 0 Å². The van der Waals surface area contributed by atoms with Gasteiger partial charge in [0, 0.05) is 6.54 Å². The number of rotatable bonds is 4. The molecule has 17 heavy (non-hydrogen) atoms. The van der Waals surface area contributed by atoms with Crippen molar-refractivity contribution in [2.75, 3.05) is 19.6 Å². The van der Waals surface area contributed by atoms with Crippen LogP contribution in [0.25, 0.3) is 0 Å². The second-order valence-electron chi connectivity index (χ2n) is 5.20. The number of benzene rings is 1. The summed E-state index contributed by atoms with van der Waals surface area (Å²) in [5.74, 6) is 0.607. The standard InChI is InChI=1S/C15H23NO/c1-13(14-6-3-2-4-7-14)9-11-16-10-5-8-15(17)12-16/h2-4,6-7,13,15,17H,5,8-12H2,1H3/t13-,15-/m1/s1. The molecule has 0 radical (unpaired) electrons. The average Bonchev–Trinajstić information content (AvgIpc) is 2.37. The van der Waals surface area contributed by atoms with E-state index in [1.165, 1.54) is 12.0 Å². The van der Waals surface area contributed by atoms with Gasteiger partial charge in [-0.25, -0.2) is 0 Å². The van der Waals surface area contributed by atoms with E-state index in [1.807, 2.05) is 0 Å². The number of aliphatic hydroxyl groups is 1. The van der Waals surface area contributed by atoms with Crippen molar-refractivity contribution >= 4 is 0 Å². The Balaban J connectivity index is 1.78. The minimum absolute atomic E-state index is 0.101. The Hall–Kier alpha value is -0.860. The van der Waals surface area contributed by atoms with Crippen LogP contribution >= 0.6 is 0 Å². The summed E-state index contributed by atoms with van der Waals surface area (Å²) in [6.07, 6.45) is 3.19. The van der Waals surface area contributed by atoms with Gasteiger partial charge in [-0.2, -0.15) is 0 Å². The largest absolute Gasteiger partial charge is 0.392 e. The molecule has 0 unspecified atom stereocenters. The van der Waals surface area contributed by atoms with Gasteiger partial charge in [0.05, 0.1) is 6.10 Å². The molecule has 0 aliphatic carbocycles. The van der Waals surface area contributed by atoms with Gasteiger partial charge in [-0.05, 0) is 43.8 Å². The van der Waals surface area contributed by atoms with Gasteiger partial charge in [-0.15, -0.1) is 0 Å². The highest BCUT2D eigenvalue weighted by Crippen LogP contribution is 2.20. The third kappa shape index (κ3) is 3.83. The first kappa shape index (κ1) is 12.6. The molecule has 0 amide bonds. The van der Waals surface area contributed by atoms with E-state index >= 15 is 0 Å². The lowest BCUT2D eigenvalue weighted by Crippen LogP contribution is -2.39. The summed E-state index contributed by atoms with van der Waals surface area (Å²) < 4.78 is 0. The molecule has 1 aromatic rings. The SMILES string of the molecule is C[C@H](CCN1CCC[C@@H](O)C1)c1ccccc1. The van der Waals surface area contributed by atoms with Crippen molar-refractivity contribution in [3.8, 4) is 0 Å². The molecule has 2 rings (SSSR count). The Bertz CT molecular complexity index is 325. The van der Waals surface area contributed by atoms with Gasteiger partial charge in [-0.3, -0.25) is 0 Å². The summed E-state index contributed by atoms with van der Waals surface area (Å²) in [5, 5.41) is 9.62. The molecule has 0 aromatic heterocycles. The second kappa shape index (κ2) is 6.18. The van der Waals surface area contributed by atoms with Gasteiger partial charge in [-0.1, -0.05) is 37.3 Å². The van der Waals surface area contributed by atoms with Crippen LogP contribution in [0.15, 0.2) is 30.3 Å². The molecule has 1 aromatic carbocycles. The molecule has 2 atom stereocenters. The van der Waals surface area contributed by atoms with E-state index < -0.39 is 0 Å². The summed E-state index contributed by atoms with van der Waals surface area (Å²) in [5.41, 5.74) is 1.42. The number of hydrogen-bond donors (Lipinski definition) is 1. The molecule has 1 heterocycles. The van der Waals surface area contributed by atoms with Crippen LogP contribution in [-0.4, -0.2) is 35.7 Å². The molecule has 1 saturated heterocycles. The van der Waals surface area contributed by atoms with Crippen LogP contribution in [0.4, 0.5) is 0 Å². The van der Waals surface area contributed by atoms with Crippen LogP contribution in [0.3, 0.4) is 0 Å². The van der Waals surface area contributed by atoms with E-state index in [1.54, 1.807) is 0 Å². The Morgan fingerprint density at radius 1 is 1.35 bits per heavy atom. The third-order valence-electron chi connectivity index (χ3n) is 3.73. The van der Waals surface area contributed by atoms with Crippen LogP contribution in [0, 0.1) is 0 Å². The van der Waals surface area contributed by atoms with E-state index in [4.69, 9.17) is 0 Å². The number of piperidine rings is 1. The fourth-order valence-electron chi connectivity index (χ4n) is 2.56. The number of β-amino-alcohol motifs (C(OH)–C–C–N with tert-alkyl or cyclic N) is 1. The lowest BCUT2D eigenvalue weighted by atomic mass is 9.97. The predicted octanol–water partition coefficient (Wildman–Crippen LogP) is 2.64. The molecular formula is C15H23NO. The first-order valence-corrected chi connectivity index (χ1v) is 6.71. The highest BCUT2D eigenvalue weighted by molar-refractivity contribution is 5.18. The Morgan fingerprint density at radius 3 is 2.82 bits per heavy atom. The Kier molecular flexibility index (Phi) is 4.57. The van der Waals surface area contributed by atoms with Crippen molar-refractivity contribution in [3.63, 3.8) is 0 Å². The van der Waals surface area contributed by atoms with Gasteiger partial charge in [0.15, 0.2) is 0 Å². The lowest BCUT2D eigenvalue weighted by Gasteiger charge is -2.30. The van der Waals surface area contributed by atoms with Crippen LogP contribution in [0.2, 0.25) is 0 Å². The van der Waals surface area contributed by atoms with Gasteiger partial charge >= 0.3 is 0 Å². The van der Waals surface area contributed by atoms with E-state index in [2.05, 4.69) is 42.2 Å². The highest BCUT2D eigenvalue weighted by Gasteiger charge is 2.17. The molecule has 2 heteroatoms. The summed E-state index contributed by atoms with van der Waals surface area (Å²) in [6.45, 7) is 5.41. The summed E-state index contributed by atoms with van der Waals surface area (Å²) in [6, 6.07) is 10.7. The number of hydrogen-bond acceptors (Lipinski definition) is 2. The van der Waals surface area contributed by atoms with E-state index in [9.17, 15) is 5.11 Å². The van der Waals surface area contributed by atoms with Crippen molar-refractivity contribution in [1.29, 1.82) is 0 Å². The minimum atomic E-state index is -0.101. The minimum Gasteiger partial charge on any atom is -0.392 e. The molecule has 1 aliphatic rings. The predicted molar refractivity (Wildman–Crippen MR) is 71.2 cm³/mol. The number of likely N-dealkylation sites (tertiary alicyclic amines) is 1. The maximum Gasteiger partial charge on any atom is 0.0667 e. The van der Waals surface area contributed by atoms with Gasteiger partial charge in [0.2, 0.25) is 0 Å². The molecule has 1 N–H and O–H groups in total. The van der Waals surface area contributed by atoms with Crippen LogP contribution in [0.1, 0.15) is 37.7 Å². The topological polar surface area (TPSA) is 23.5 Å². The second-order valence-corrected chi connectivity index (χ2v) is 5.20. The molecule has 0 spiro atoms. The third-order valence-corrected chi connectivity index (χ3v) is 3.73. The number of aliphatic hydroxyl groups excluding tert-OH is 1. The zero-order valence-corrected chi connectivity index (χ0v) is 10.7. The van der Waals surface area contributed by atoms with Crippen LogP contribution in [-0.2, 0) is 0 Å². The van der Waals surface area contributed by atoms with Crippen LogP contribution < -0.4 is 0 Å². The lowest BCUT2D eigenvalue weighted by molar-refractivity contribution is 0.0693. The maximum atomic E-state index is 9.62. The van der Waals surface area contributed by atoms with Crippen LogP contribution in [0.5, 0.6) is 0 Å². The molecule has 1 fully saturated rings. The Morgan fingerprint density at radius 2 is 2.12 bits per heavy atom. The monoisotopic (exact) mass is 233 g/mol. The average molecular weight is 233 g/mol. The summed E-state index contributed by atoms with van der Waals surface area (Å²) in [7, 11) is 0. The maximum absolute atomic E-state index is 9.62. The molecular weight excluding hydrogens is 210 g/mol. The van der Waals surface area contributed by atoms with Crippen molar-refractivity contribution in [1.82, 2.24) is 4.90 Å². The van der Waals surface area contributed by atoms with Crippen molar-refractivity contribution in [3.05, 3.63) is 35.9 Å². The first-order valence-electron chi connectivity index (χ1n) is 6.71. The smallest absolute Gasteiger partial charge is 0.0667 e. The fraction of sp³-hybridized carbons (Fsp3) is 0.600. The van der Waals surface area contributed by atoms with Crippen molar-refractivity contribution < 1.29 is 5.11 Å². The van der Waals surface area contributed by atoms with Gasteiger partial charge < -0.3 is 10.0 Å². The molecule has 0 bridgehead atoms. The molecule has 0 saturated carbocycles. The van der Waals surface area contributed by atoms with E-state index in [0.29, 0.717) is 5.92 Å². The number of nitrogens with zero attached hydrogens (tertiary/aromatic N) is 1. The Labute approximate surface area is 104 Å². The molecule has 2 nitrogen and oxygen atoms in total. The first-order chi connectivity index (χ1) is 8.25. The zero-order valence-electron chi connectivity index (χ0n) is 10.7. The van der Waals surface area contributed by atoms with E-state index in [0.717, 1.165) is 32.5 Å². The van der Waals surface area contributed by atoms with Gasteiger partial charge in [0.1, 0.15) is 0 Å². The summed E-state index contributed by atoms with van der Waals surface area (Å²) in [4.78, 5) is 2.40. The van der Waals surface area contributed by atoms with E-state index in [-0.39, 0.29) is 6.10 Å². The van der Waals surface area contributed by atoms with Crippen molar-refractivity contribution in [2.24, 2.45) is 0 Å². The summed E-state index contributed by atoms with van der Waals surface area (Å²) >= 11 is 0. The van der Waals surface area contributed by atoms with Crippen molar-refractivity contribution in [2.45, 2.75) is 38.2 Å². The zero-order chi connectivity index (χ0) is 12.1. The molecule has 94 valence electrons.